The molecule has 16 nitrogen and oxygen atoms in total. The Labute approximate surface area is 223 Å². The molecule has 1 aromatic carbocycles. The molecule has 13 N–H and O–H groups in total. The SMILES string of the molecule is NC(=O)CC(NC(=O)C(Cc1ccccc1)NC(=O)C(CC(=O)O)NC(=O)C(N)CCCN=C(N)N)C(=O)O. The lowest BCUT2D eigenvalue weighted by atomic mass is 10.0. The molecule has 0 bridgehead atoms. The summed E-state index contributed by atoms with van der Waals surface area (Å²) >= 11 is 0. The molecule has 16 heteroatoms. The van der Waals surface area contributed by atoms with Gasteiger partial charge in [-0.15, -0.1) is 0 Å². The predicted molar refractivity (Wildman–Crippen MR) is 138 cm³/mol. The fourth-order valence-electron chi connectivity index (χ4n) is 3.32. The molecule has 4 amide bonds. The van der Waals surface area contributed by atoms with Crippen LogP contribution in [0.25, 0.3) is 0 Å². The minimum atomic E-state index is -1.67. The first-order chi connectivity index (χ1) is 18.3. The summed E-state index contributed by atoms with van der Waals surface area (Å²) in [6.45, 7) is 0.200. The zero-order chi connectivity index (χ0) is 29.5. The van der Waals surface area contributed by atoms with Gasteiger partial charge >= 0.3 is 11.9 Å². The lowest BCUT2D eigenvalue weighted by molar-refractivity contribution is -0.144. The predicted octanol–water partition coefficient (Wildman–Crippen LogP) is -3.50. The van der Waals surface area contributed by atoms with Crippen LogP contribution in [0.2, 0.25) is 0 Å². The van der Waals surface area contributed by atoms with Gasteiger partial charge in [0.15, 0.2) is 5.96 Å². The Morgan fingerprint density at radius 3 is 1.90 bits per heavy atom. The van der Waals surface area contributed by atoms with Crippen LogP contribution in [0.3, 0.4) is 0 Å². The van der Waals surface area contributed by atoms with Crippen LogP contribution >= 0.6 is 0 Å². The van der Waals surface area contributed by atoms with Gasteiger partial charge in [-0.05, 0) is 18.4 Å². The van der Waals surface area contributed by atoms with E-state index in [1.54, 1.807) is 30.3 Å². The molecule has 0 saturated carbocycles. The number of nitrogens with zero attached hydrogens (tertiary/aromatic N) is 1. The second-order valence-corrected chi connectivity index (χ2v) is 8.54. The van der Waals surface area contributed by atoms with Gasteiger partial charge in [-0.2, -0.15) is 0 Å². The van der Waals surface area contributed by atoms with E-state index in [1.165, 1.54) is 0 Å². The number of carboxylic acids is 2. The summed E-state index contributed by atoms with van der Waals surface area (Å²) in [5.41, 5.74) is 21.9. The van der Waals surface area contributed by atoms with E-state index in [0.717, 1.165) is 0 Å². The number of guanidine groups is 1. The molecule has 0 aliphatic carbocycles. The topological polar surface area (TPSA) is 295 Å². The number of amides is 4. The fraction of sp³-hybridized carbons (Fsp3) is 0.435. The first-order valence-corrected chi connectivity index (χ1v) is 11.8. The van der Waals surface area contributed by atoms with Crippen molar-refractivity contribution in [2.24, 2.45) is 27.9 Å². The van der Waals surface area contributed by atoms with Crippen molar-refractivity contribution in [3.63, 3.8) is 0 Å². The van der Waals surface area contributed by atoms with Gasteiger partial charge in [0.05, 0.1) is 18.9 Å². The Morgan fingerprint density at radius 2 is 1.36 bits per heavy atom. The van der Waals surface area contributed by atoms with Gasteiger partial charge in [-0.25, -0.2) is 4.79 Å². The minimum Gasteiger partial charge on any atom is -0.481 e. The number of hydrogen-bond acceptors (Lipinski definition) is 8. The minimum absolute atomic E-state index is 0.125. The molecule has 0 aliphatic heterocycles. The number of primary amides is 1. The van der Waals surface area contributed by atoms with Gasteiger partial charge in [0, 0.05) is 13.0 Å². The quantitative estimate of drug-likeness (QED) is 0.0520. The second-order valence-electron chi connectivity index (χ2n) is 8.54. The standard InChI is InChI=1S/C23H34N8O8/c24-13(7-4-8-28-23(26)27)19(35)29-15(11-18(33)34)21(37)30-14(9-12-5-2-1-3-6-12)20(36)31-16(22(38)39)10-17(25)32/h1-3,5-6,13-16H,4,7-11,24H2,(H2,25,32)(H,29,35)(H,30,37)(H,31,36)(H,33,34)(H,38,39)(H4,26,27,28). The number of aliphatic imine (C=N–C) groups is 1. The third-order valence-electron chi connectivity index (χ3n) is 5.25. The van der Waals surface area contributed by atoms with E-state index in [-0.39, 0.29) is 25.3 Å². The molecule has 1 aromatic rings. The maximum Gasteiger partial charge on any atom is 0.326 e. The highest BCUT2D eigenvalue weighted by molar-refractivity contribution is 5.96. The third-order valence-corrected chi connectivity index (χ3v) is 5.25. The average molecular weight is 551 g/mol. The van der Waals surface area contributed by atoms with Crippen LogP contribution < -0.4 is 38.9 Å². The van der Waals surface area contributed by atoms with E-state index >= 15 is 0 Å². The number of carbonyl (C=O) groups is 6. The molecule has 0 fully saturated rings. The van der Waals surface area contributed by atoms with Gasteiger partial charge in [0.25, 0.3) is 0 Å². The summed E-state index contributed by atoms with van der Waals surface area (Å²) in [6.07, 6.45) is -1.21. The van der Waals surface area contributed by atoms with Gasteiger partial charge in [0.1, 0.15) is 18.1 Å². The zero-order valence-corrected chi connectivity index (χ0v) is 21.0. The molecule has 0 aromatic heterocycles. The van der Waals surface area contributed by atoms with Crippen molar-refractivity contribution in [3.05, 3.63) is 35.9 Å². The van der Waals surface area contributed by atoms with Crippen molar-refractivity contribution < 1.29 is 39.0 Å². The van der Waals surface area contributed by atoms with Crippen LogP contribution in [0, 0.1) is 0 Å². The van der Waals surface area contributed by atoms with Crippen molar-refractivity contribution in [2.45, 2.75) is 56.3 Å². The van der Waals surface area contributed by atoms with Crippen LogP contribution in [0.15, 0.2) is 35.3 Å². The number of rotatable bonds is 17. The van der Waals surface area contributed by atoms with Gasteiger partial charge in [-0.3, -0.25) is 29.0 Å². The van der Waals surface area contributed by atoms with Crippen LogP contribution in [0.4, 0.5) is 0 Å². The Morgan fingerprint density at radius 1 is 0.795 bits per heavy atom. The molecule has 39 heavy (non-hydrogen) atoms. The van der Waals surface area contributed by atoms with Gasteiger partial charge in [0.2, 0.25) is 23.6 Å². The molecule has 0 heterocycles. The van der Waals surface area contributed by atoms with Crippen molar-refractivity contribution >= 4 is 41.5 Å². The van der Waals surface area contributed by atoms with Gasteiger partial charge < -0.3 is 49.1 Å². The van der Waals surface area contributed by atoms with E-state index in [0.29, 0.717) is 12.0 Å². The van der Waals surface area contributed by atoms with E-state index in [2.05, 4.69) is 20.9 Å². The average Bonchev–Trinajstić information content (AvgIpc) is 2.84. The Hall–Kier alpha value is -4.73. The number of aliphatic carboxylic acids is 2. The summed E-state index contributed by atoms with van der Waals surface area (Å²) in [5.74, 6) is -6.90. The number of carboxylic acid groups (broad SMARTS) is 2. The number of nitrogens with one attached hydrogen (secondary N) is 3. The maximum atomic E-state index is 13.0. The number of benzene rings is 1. The fourth-order valence-corrected chi connectivity index (χ4v) is 3.32. The second kappa shape index (κ2) is 16.2. The highest BCUT2D eigenvalue weighted by atomic mass is 16.4. The summed E-state index contributed by atoms with van der Waals surface area (Å²) in [7, 11) is 0. The number of nitrogens with two attached hydrogens (primary N) is 4. The largest absolute Gasteiger partial charge is 0.481 e. The third kappa shape index (κ3) is 12.9. The first kappa shape index (κ1) is 32.3. The summed E-state index contributed by atoms with van der Waals surface area (Å²) in [6, 6.07) is 2.52. The van der Waals surface area contributed by atoms with Crippen molar-refractivity contribution in [1.82, 2.24) is 16.0 Å². The van der Waals surface area contributed by atoms with Crippen LogP contribution in [-0.2, 0) is 35.2 Å². The smallest absolute Gasteiger partial charge is 0.326 e. The summed E-state index contributed by atoms with van der Waals surface area (Å²) in [4.78, 5) is 76.3. The molecular weight excluding hydrogens is 516 g/mol. The molecule has 4 unspecified atom stereocenters. The highest BCUT2D eigenvalue weighted by Gasteiger charge is 2.32. The van der Waals surface area contributed by atoms with Crippen molar-refractivity contribution in [3.8, 4) is 0 Å². The zero-order valence-electron chi connectivity index (χ0n) is 21.0. The molecule has 0 spiro atoms. The van der Waals surface area contributed by atoms with Crippen molar-refractivity contribution in [1.29, 1.82) is 0 Å². The molecular formula is C23H34N8O8. The first-order valence-electron chi connectivity index (χ1n) is 11.8. The number of carbonyl (C=O) groups excluding carboxylic acids is 4. The van der Waals surface area contributed by atoms with Crippen LogP contribution in [0.1, 0.15) is 31.2 Å². The Balaban J connectivity index is 3.06. The summed E-state index contributed by atoms with van der Waals surface area (Å²) in [5, 5.41) is 25.3. The van der Waals surface area contributed by atoms with Gasteiger partial charge in [-0.1, -0.05) is 30.3 Å². The Bertz CT molecular complexity index is 1060. The van der Waals surface area contributed by atoms with E-state index in [4.69, 9.17) is 22.9 Å². The highest BCUT2D eigenvalue weighted by Crippen LogP contribution is 2.07. The van der Waals surface area contributed by atoms with E-state index in [9.17, 15) is 39.0 Å². The molecule has 4 atom stereocenters. The lowest BCUT2D eigenvalue weighted by Crippen LogP contribution is -2.58. The molecule has 0 saturated heterocycles. The van der Waals surface area contributed by atoms with Crippen LogP contribution in [-0.4, -0.2) is 82.5 Å². The molecule has 1 rings (SSSR count). The molecule has 0 radical (unpaired) electrons. The summed E-state index contributed by atoms with van der Waals surface area (Å²) < 4.78 is 0. The maximum absolute atomic E-state index is 13.0. The Kier molecular flexibility index (Phi) is 13.4. The molecule has 214 valence electrons. The monoisotopic (exact) mass is 550 g/mol. The normalized spacial score (nSPS) is 13.6. The van der Waals surface area contributed by atoms with E-state index in [1.807, 2.05) is 0 Å². The van der Waals surface area contributed by atoms with E-state index < -0.39 is 72.6 Å². The lowest BCUT2D eigenvalue weighted by Gasteiger charge is -2.24. The molecule has 0 aliphatic rings. The van der Waals surface area contributed by atoms with Crippen molar-refractivity contribution in [2.75, 3.05) is 6.54 Å². The number of hydrogen-bond donors (Lipinski definition) is 9. The van der Waals surface area contributed by atoms with Crippen LogP contribution in [0.5, 0.6) is 0 Å².